The number of aromatic hydroxyl groups is 2. The number of rotatable bonds is 12. The Morgan fingerprint density at radius 2 is 1.47 bits per heavy atom. The second-order valence-corrected chi connectivity index (χ2v) is 16.3. The van der Waals surface area contributed by atoms with E-state index in [2.05, 4.69) is 54.7 Å². The summed E-state index contributed by atoms with van der Waals surface area (Å²) in [4.78, 5) is 26.1. The van der Waals surface area contributed by atoms with Gasteiger partial charge in [0.25, 0.3) is 0 Å². The third-order valence-electron chi connectivity index (χ3n) is 9.18. The average Bonchev–Trinajstić information content (AvgIpc) is 3.70. The molecule has 0 bridgehead atoms. The van der Waals surface area contributed by atoms with Crippen molar-refractivity contribution in [3.05, 3.63) is 83.5 Å². The number of carboxylic acid groups (broad SMARTS) is 1. The second-order valence-electron chi connectivity index (χ2n) is 12.5. The predicted octanol–water partition coefficient (Wildman–Crippen LogP) is 12.0. The van der Waals surface area contributed by atoms with Crippen molar-refractivity contribution in [2.75, 3.05) is 0 Å². The first kappa shape index (κ1) is 37.9. The van der Waals surface area contributed by atoms with Crippen LogP contribution in [-0.4, -0.2) is 41.0 Å². The third-order valence-corrected chi connectivity index (χ3v) is 12.9. The number of unbranched alkanes of at least 4 members (excludes halogenated alkanes) is 2. The average molecular weight is 948 g/mol. The highest BCUT2D eigenvalue weighted by molar-refractivity contribution is 9.11. The lowest BCUT2D eigenvalue weighted by molar-refractivity contribution is -0.138. The van der Waals surface area contributed by atoms with Gasteiger partial charge in [-0.3, -0.25) is 9.59 Å². The van der Waals surface area contributed by atoms with Gasteiger partial charge in [0.1, 0.15) is 17.2 Å². The summed E-state index contributed by atoms with van der Waals surface area (Å²) in [7, 11) is 0. The van der Waals surface area contributed by atoms with Gasteiger partial charge in [0.15, 0.2) is 5.75 Å². The molecule has 268 valence electrons. The minimum atomic E-state index is -1.31. The minimum Gasteiger partial charge on any atom is -0.506 e. The Kier molecular flexibility index (Phi) is 11.0. The molecule has 9 nitrogen and oxygen atoms in total. The fourth-order valence-corrected chi connectivity index (χ4v) is 8.40. The summed E-state index contributed by atoms with van der Waals surface area (Å²) in [6, 6.07) is 9.94. The van der Waals surface area contributed by atoms with E-state index in [-0.39, 0.29) is 30.1 Å². The maximum absolute atomic E-state index is 14.5. The highest BCUT2D eigenvalue weighted by atomic mass is 79.9. The second kappa shape index (κ2) is 14.9. The highest BCUT2D eigenvalue weighted by Gasteiger charge is 2.41. The van der Waals surface area contributed by atoms with Crippen LogP contribution in [0.25, 0.3) is 32.7 Å². The molecule has 3 heterocycles. The van der Waals surface area contributed by atoms with E-state index in [9.17, 15) is 24.9 Å². The van der Waals surface area contributed by atoms with Gasteiger partial charge < -0.3 is 33.8 Å². The van der Waals surface area contributed by atoms with Crippen LogP contribution in [0.2, 0.25) is 15.1 Å². The lowest BCUT2D eigenvalue weighted by atomic mass is 9.96. The van der Waals surface area contributed by atoms with Gasteiger partial charge in [0.05, 0.1) is 49.8 Å². The van der Waals surface area contributed by atoms with Crippen LogP contribution in [0.3, 0.4) is 0 Å². The fourth-order valence-electron chi connectivity index (χ4n) is 6.81. The zero-order valence-electron chi connectivity index (χ0n) is 27.2. The van der Waals surface area contributed by atoms with Crippen molar-refractivity contribution in [1.29, 1.82) is 0 Å². The van der Waals surface area contributed by atoms with E-state index in [1.807, 2.05) is 9.13 Å². The van der Waals surface area contributed by atoms with Crippen LogP contribution in [0.4, 0.5) is 0 Å². The Morgan fingerprint density at radius 1 is 0.843 bits per heavy atom. The van der Waals surface area contributed by atoms with Crippen LogP contribution in [-0.2, 0) is 15.3 Å². The summed E-state index contributed by atoms with van der Waals surface area (Å²) in [5, 5.41) is 34.7. The molecule has 3 aromatic heterocycles. The first-order valence-corrected chi connectivity index (χ1v) is 19.5. The Bertz CT molecular complexity index is 2350. The Labute approximate surface area is 333 Å². The van der Waals surface area contributed by atoms with E-state index < -0.39 is 23.6 Å². The van der Waals surface area contributed by atoms with Crippen LogP contribution in [0, 0.1) is 0 Å². The first-order chi connectivity index (χ1) is 24.2. The summed E-state index contributed by atoms with van der Waals surface area (Å²) >= 11 is 30.2. The number of aliphatic carboxylic acids is 1. The van der Waals surface area contributed by atoms with E-state index >= 15 is 0 Å². The maximum Gasteiger partial charge on any atom is 0.315 e. The Hall–Kier alpha value is -2.87. The number of hydrogen-bond donors (Lipinski definition) is 3. The lowest BCUT2D eigenvalue weighted by Crippen LogP contribution is -2.43. The number of benzene rings is 3. The summed E-state index contributed by atoms with van der Waals surface area (Å²) in [6.07, 6.45) is 7.04. The molecular weight excluding hydrogens is 916 g/mol. The molecule has 51 heavy (non-hydrogen) atoms. The van der Waals surface area contributed by atoms with Gasteiger partial charge in [-0.2, -0.15) is 0 Å². The van der Waals surface area contributed by atoms with Crippen molar-refractivity contribution < 1.29 is 29.6 Å². The molecule has 3 aromatic carbocycles. The lowest BCUT2D eigenvalue weighted by Gasteiger charge is -2.38. The SMILES string of the molecule is CCCCCC(CC(=O)Oc1cn(C(C)CC(=O)O)c2cc(Cl)c(Br)cc12)(n1cc(O)c2cc(Br)c(Cl)cc21)n1cc(O)c2c(Cl)c(Br)ccc21. The molecule has 6 aromatic rings. The standard InChI is InChI=1S/C36H31Br3Cl3N3O6/c1-3-4-5-8-36(44-16-30(47)34-26(44)7-6-21(37)35(34)42,45-15-29(46)19-10-22(38)25(41)13-28(19)45)14-33(50)51-31-17-43(18(2)9-32(48)49)27-12-24(40)23(39)11-20(27)31/h6-7,10-13,15-18,46-47H,3-5,8-9,14H2,1-2H3,(H,48,49). The van der Waals surface area contributed by atoms with Gasteiger partial charge in [-0.05, 0) is 104 Å². The maximum atomic E-state index is 14.5. The number of fused-ring (bicyclic) bond motifs is 3. The smallest absolute Gasteiger partial charge is 0.315 e. The molecule has 3 N–H and O–H groups in total. The summed E-state index contributed by atoms with van der Waals surface area (Å²) < 4.78 is 13.3. The summed E-state index contributed by atoms with van der Waals surface area (Å²) in [6.45, 7) is 3.83. The molecule has 0 saturated carbocycles. The molecule has 0 aliphatic carbocycles. The Balaban J connectivity index is 1.57. The van der Waals surface area contributed by atoms with Crippen molar-refractivity contribution in [3.8, 4) is 17.2 Å². The van der Waals surface area contributed by atoms with E-state index in [1.165, 1.54) is 0 Å². The largest absolute Gasteiger partial charge is 0.506 e. The van der Waals surface area contributed by atoms with Gasteiger partial charge in [-0.1, -0.05) is 54.6 Å². The number of aromatic nitrogens is 3. The summed E-state index contributed by atoms with van der Waals surface area (Å²) in [5.41, 5.74) is 0.384. The first-order valence-electron chi connectivity index (χ1n) is 16.0. The van der Waals surface area contributed by atoms with Gasteiger partial charge in [0, 0.05) is 48.8 Å². The number of esters is 1. The molecule has 0 amide bonds. The minimum absolute atomic E-state index is 0.0331. The molecule has 15 heteroatoms. The molecule has 2 atom stereocenters. The zero-order chi connectivity index (χ0) is 36.9. The highest BCUT2D eigenvalue weighted by Crippen LogP contribution is 2.46. The number of carbonyl (C=O) groups is 2. The quantitative estimate of drug-likeness (QED) is 0.0830. The molecule has 0 fully saturated rings. The zero-order valence-corrected chi connectivity index (χ0v) is 34.2. The fraction of sp³-hybridized carbons (Fsp3) is 0.278. The monoisotopic (exact) mass is 943 g/mol. The van der Waals surface area contributed by atoms with E-state index in [1.54, 1.807) is 66.5 Å². The van der Waals surface area contributed by atoms with Crippen LogP contribution >= 0.6 is 82.6 Å². The van der Waals surface area contributed by atoms with Gasteiger partial charge in [-0.25, -0.2) is 0 Å². The normalized spacial score (nSPS) is 13.6. The van der Waals surface area contributed by atoms with Gasteiger partial charge >= 0.3 is 11.9 Å². The predicted molar refractivity (Wildman–Crippen MR) is 212 cm³/mol. The molecular formula is C36H31Br3Cl3N3O6. The van der Waals surface area contributed by atoms with Crippen LogP contribution in [0.5, 0.6) is 17.2 Å². The van der Waals surface area contributed by atoms with Crippen molar-refractivity contribution in [2.45, 2.75) is 64.1 Å². The molecule has 0 aliphatic heterocycles. The third kappa shape index (κ3) is 7.00. The molecule has 0 aliphatic rings. The van der Waals surface area contributed by atoms with E-state index in [0.717, 1.165) is 12.8 Å². The molecule has 0 radical (unpaired) electrons. The number of ether oxygens (including phenoxy) is 1. The van der Waals surface area contributed by atoms with Crippen LogP contribution in [0.15, 0.2) is 68.4 Å². The number of nitrogens with zero attached hydrogens (tertiary/aromatic N) is 3. The van der Waals surface area contributed by atoms with Crippen molar-refractivity contribution in [1.82, 2.24) is 13.7 Å². The topological polar surface area (TPSA) is 119 Å². The molecule has 2 unspecified atom stereocenters. The van der Waals surface area contributed by atoms with Gasteiger partial charge in [0.2, 0.25) is 0 Å². The molecule has 0 saturated heterocycles. The van der Waals surface area contributed by atoms with Crippen molar-refractivity contribution in [2.24, 2.45) is 0 Å². The molecule has 6 rings (SSSR count). The Morgan fingerprint density at radius 3 is 2.14 bits per heavy atom. The van der Waals surface area contributed by atoms with Crippen LogP contribution < -0.4 is 4.74 Å². The van der Waals surface area contributed by atoms with Crippen LogP contribution in [0.1, 0.15) is 58.4 Å². The number of carbonyl (C=O) groups excluding carboxylic acids is 1. The number of hydrogen-bond acceptors (Lipinski definition) is 5. The number of carboxylic acids is 1. The van der Waals surface area contributed by atoms with Crippen molar-refractivity contribution in [3.63, 3.8) is 0 Å². The number of halogens is 6. The summed E-state index contributed by atoms with van der Waals surface area (Å²) in [5.74, 6) is -1.52. The van der Waals surface area contributed by atoms with Gasteiger partial charge in [-0.15, -0.1) is 0 Å². The van der Waals surface area contributed by atoms with Crippen molar-refractivity contribution >= 4 is 127 Å². The molecule has 0 spiro atoms. The van der Waals surface area contributed by atoms with E-state index in [4.69, 9.17) is 39.5 Å². The van der Waals surface area contributed by atoms with E-state index in [0.29, 0.717) is 74.0 Å².